The Kier molecular flexibility index (Phi) is 4.93. The summed E-state index contributed by atoms with van der Waals surface area (Å²) in [5.74, 6) is 0.509. The van der Waals surface area contributed by atoms with Crippen LogP contribution in [0.1, 0.15) is 51.9 Å². The van der Waals surface area contributed by atoms with E-state index in [9.17, 15) is 9.90 Å². The summed E-state index contributed by atoms with van der Waals surface area (Å²) in [6.45, 7) is 4.74. The zero-order chi connectivity index (χ0) is 15.6. The summed E-state index contributed by atoms with van der Waals surface area (Å²) < 4.78 is 5.78. The number of fused-ring (bicyclic) bond motifs is 1. The first-order chi connectivity index (χ1) is 10.7. The minimum Gasteiger partial charge on any atom is -0.396 e. The van der Waals surface area contributed by atoms with E-state index in [1.807, 2.05) is 4.90 Å². The molecule has 2 aliphatic heterocycles. The van der Waals surface area contributed by atoms with E-state index in [-0.39, 0.29) is 24.1 Å². The van der Waals surface area contributed by atoms with Crippen molar-refractivity contribution in [2.24, 2.45) is 11.3 Å². The number of urea groups is 1. The molecule has 0 aromatic heterocycles. The molecule has 3 rings (SSSR count). The number of nitrogens with zero attached hydrogens (tertiary/aromatic N) is 1. The van der Waals surface area contributed by atoms with E-state index >= 15 is 0 Å². The van der Waals surface area contributed by atoms with Gasteiger partial charge in [-0.15, -0.1) is 0 Å². The molecule has 5 nitrogen and oxygen atoms in total. The maximum atomic E-state index is 12.6. The zero-order valence-corrected chi connectivity index (χ0v) is 13.7. The Hall–Kier alpha value is -0.810. The molecule has 0 radical (unpaired) electrons. The maximum Gasteiger partial charge on any atom is 0.317 e. The molecule has 5 heteroatoms. The topological polar surface area (TPSA) is 61.8 Å². The highest BCUT2D eigenvalue weighted by atomic mass is 16.5. The Morgan fingerprint density at radius 2 is 2.09 bits per heavy atom. The number of aliphatic hydroxyl groups is 1. The zero-order valence-electron chi connectivity index (χ0n) is 13.7. The Bertz CT molecular complexity index is 387. The van der Waals surface area contributed by atoms with Crippen molar-refractivity contribution in [3.8, 4) is 0 Å². The van der Waals surface area contributed by atoms with Crippen LogP contribution >= 0.6 is 0 Å². The van der Waals surface area contributed by atoms with Crippen LogP contribution in [0.3, 0.4) is 0 Å². The van der Waals surface area contributed by atoms with Crippen molar-refractivity contribution >= 4 is 6.03 Å². The molecule has 2 heterocycles. The number of ether oxygens (including phenoxy) is 1. The number of hydrogen-bond donors (Lipinski definition) is 2. The smallest absolute Gasteiger partial charge is 0.317 e. The second-order valence-corrected chi connectivity index (χ2v) is 7.35. The van der Waals surface area contributed by atoms with Gasteiger partial charge < -0.3 is 20.1 Å². The monoisotopic (exact) mass is 310 g/mol. The van der Waals surface area contributed by atoms with Crippen LogP contribution < -0.4 is 5.32 Å². The van der Waals surface area contributed by atoms with Gasteiger partial charge in [0, 0.05) is 38.3 Å². The standard InChI is InChI=1S/C17H30N2O3/c1-2-17(12-20)7-9-19(10-8-17)16(21)18-14-4-3-5-15-13(14)6-11-22-15/h13-15,20H,2-12H2,1H3,(H,18,21). The van der Waals surface area contributed by atoms with Gasteiger partial charge in [-0.2, -0.15) is 0 Å². The fourth-order valence-electron chi connectivity index (χ4n) is 4.41. The van der Waals surface area contributed by atoms with Crippen LogP contribution in [0.5, 0.6) is 0 Å². The van der Waals surface area contributed by atoms with Crippen molar-refractivity contribution < 1.29 is 14.6 Å². The minimum atomic E-state index is 0.0337. The van der Waals surface area contributed by atoms with Crippen molar-refractivity contribution in [3.05, 3.63) is 0 Å². The highest BCUT2D eigenvalue weighted by Crippen LogP contribution is 2.36. The van der Waals surface area contributed by atoms with E-state index in [0.717, 1.165) is 64.6 Å². The Labute approximate surface area is 133 Å². The Morgan fingerprint density at radius 3 is 2.77 bits per heavy atom. The molecular formula is C17H30N2O3. The summed E-state index contributed by atoms with van der Waals surface area (Å²) in [6.07, 6.45) is 7.64. The SMILES string of the molecule is CCC1(CO)CCN(C(=O)NC2CCCC3OCCC23)CC1. The Morgan fingerprint density at radius 1 is 1.32 bits per heavy atom. The molecular weight excluding hydrogens is 280 g/mol. The highest BCUT2D eigenvalue weighted by molar-refractivity contribution is 5.74. The fraction of sp³-hybridized carbons (Fsp3) is 0.941. The van der Waals surface area contributed by atoms with E-state index in [1.54, 1.807) is 0 Å². The molecule has 3 fully saturated rings. The Balaban J connectivity index is 1.52. The quantitative estimate of drug-likeness (QED) is 0.839. The molecule has 0 spiro atoms. The molecule has 0 aromatic rings. The number of rotatable bonds is 3. The summed E-state index contributed by atoms with van der Waals surface area (Å²) in [7, 11) is 0. The van der Waals surface area contributed by atoms with E-state index in [1.165, 1.54) is 0 Å². The molecule has 2 N–H and O–H groups in total. The number of piperidine rings is 1. The van der Waals surface area contributed by atoms with Crippen LogP contribution in [0.4, 0.5) is 4.79 Å². The molecule has 3 atom stereocenters. The van der Waals surface area contributed by atoms with Gasteiger partial charge in [0.25, 0.3) is 0 Å². The van der Waals surface area contributed by atoms with Gasteiger partial charge in [-0.05, 0) is 50.4 Å². The number of aliphatic hydroxyl groups excluding tert-OH is 1. The van der Waals surface area contributed by atoms with Gasteiger partial charge in [0.05, 0.1) is 6.10 Å². The van der Waals surface area contributed by atoms with E-state index in [0.29, 0.717) is 12.0 Å². The molecule has 3 aliphatic rings. The summed E-state index contributed by atoms with van der Waals surface area (Å²) in [5, 5.41) is 12.9. The predicted molar refractivity (Wildman–Crippen MR) is 84.6 cm³/mol. The third kappa shape index (κ3) is 3.11. The lowest BCUT2D eigenvalue weighted by Gasteiger charge is -2.41. The molecule has 1 saturated carbocycles. The number of amides is 2. The van der Waals surface area contributed by atoms with Gasteiger partial charge in [-0.1, -0.05) is 6.92 Å². The second-order valence-electron chi connectivity index (χ2n) is 7.35. The highest BCUT2D eigenvalue weighted by Gasteiger charge is 2.39. The summed E-state index contributed by atoms with van der Waals surface area (Å²) >= 11 is 0. The minimum absolute atomic E-state index is 0.0337. The van der Waals surface area contributed by atoms with Crippen LogP contribution in [0, 0.1) is 11.3 Å². The molecule has 1 aliphatic carbocycles. The fourth-order valence-corrected chi connectivity index (χ4v) is 4.41. The number of likely N-dealkylation sites (tertiary alicyclic amines) is 1. The van der Waals surface area contributed by atoms with Gasteiger partial charge in [-0.25, -0.2) is 4.79 Å². The molecule has 126 valence electrons. The third-order valence-corrected chi connectivity index (χ3v) is 6.29. The van der Waals surface area contributed by atoms with Gasteiger partial charge >= 0.3 is 6.03 Å². The van der Waals surface area contributed by atoms with Crippen LogP contribution in [-0.4, -0.2) is 54.5 Å². The molecule has 2 saturated heterocycles. The molecule has 2 amide bonds. The van der Waals surface area contributed by atoms with Crippen LogP contribution in [-0.2, 0) is 4.74 Å². The first kappa shape index (κ1) is 16.1. The lowest BCUT2D eigenvalue weighted by atomic mass is 9.77. The van der Waals surface area contributed by atoms with Crippen LogP contribution in [0.2, 0.25) is 0 Å². The normalized spacial score (nSPS) is 34.3. The molecule has 0 bridgehead atoms. The van der Waals surface area contributed by atoms with E-state index in [4.69, 9.17) is 4.74 Å². The number of hydrogen-bond acceptors (Lipinski definition) is 3. The maximum absolute atomic E-state index is 12.6. The lowest BCUT2D eigenvalue weighted by molar-refractivity contribution is 0.0436. The summed E-state index contributed by atoms with van der Waals surface area (Å²) in [6, 6.07) is 0.365. The summed E-state index contributed by atoms with van der Waals surface area (Å²) in [5.41, 5.74) is 0.0337. The second kappa shape index (κ2) is 6.75. The van der Waals surface area contributed by atoms with Gasteiger partial charge in [0.1, 0.15) is 0 Å². The van der Waals surface area contributed by atoms with E-state index < -0.39 is 0 Å². The van der Waals surface area contributed by atoms with Gasteiger partial charge in [0.2, 0.25) is 0 Å². The number of nitrogens with one attached hydrogen (secondary N) is 1. The molecule has 22 heavy (non-hydrogen) atoms. The van der Waals surface area contributed by atoms with Crippen molar-refractivity contribution in [1.82, 2.24) is 10.2 Å². The average Bonchev–Trinajstić information content (AvgIpc) is 3.04. The third-order valence-electron chi connectivity index (χ3n) is 6.29. The van der Waals surface area contributed by atoms with Gasteiger partial charge in [0.15, 0.2) is 0 Å². The van der Waals surface area contributed by atoms with Crippen molar-refractivity contribution in [3.63, 3.8) is 0 Å². The number of carbonyl (C=O) groups excluding carboxylic acids is 1. The number of carbonyl (C=O) groups is 1. The average molecular weight is 310 g/mol. The first-order valence-corrected chi connectivity index (χ1v) is 8.95. The lowest BCUT2D eigenvalue weighted by Crippen LogP contribution is -2.53. The van der Waals surface area contributed by atoms with Crippen LogP contribution in [0.15, 0.2) is 0 Å². The van der Waals surface area contributed by atoms with Crippen LogP contribution in [0.25, 0.3) is 0 Å². The van der Waals surface area contributed by atoms with Crippen molar-refractivity contribution in [2.45, 2.75) is 64.0 Å². The summed E-state index contributed by atoms with van der Waals surface area (Å²) in [4.78, 5) is 14.5. The molecule has 3 unspecified atom stereocenters. The van der Waals surface area contributed by atoms with Crippen molar-refractivity contribution in [2.75, 3.05) is 26.3 Å². The van der Waals surface area contributed by atoms with Gasteiger partial charge in [-0.3, -0.25) is 0 Å². The molecule has 0 aromatic carbocycles. The van der Waals surface area contributed by atoms with Crippen molar-refractivity contribution in [1.29, 1.82) is 0 Å². The van der Waals surface area contributed by atoms with E-state index in [2.05, 4.69) is 12.2 Å². The predicted octanol–water partition coefficient (Wildman–Crippen LogP) is 2.14. The largest absolute Gasteiger partial charge is 0.396 e. The first-order valence-electron chi connectivity index (χ1n) is 8.95.